The number of ether oxygens (including phenoxy) is 1. The SMILES string of the molecule is N#Cc1ccccc1CN1C(=O)S/C(=C/c2ccccc2OCc2ccc(Cl)cc2Cl)C1=O. The second kappa shape index (κ2) is 10.1. The third-order valence-corrected chi connectivity index (χ3v) is 6.44. The summed E-state index contributed by atoms with van der Waals surface area (Å²) in [5, 5.41) is 9.94. The predicted molar refractivity (Wildman–Crippen MR) is 130 cm³/mol. The molecule has 0 aliphatic carbocycles. The highest BCUT2D eigenvalue weighted by molar-refractivity contribution is 8.18. The Hall–Kier alpha value is -3.24. The van der Waals surface area contributed by atoms with E-state index in [0.717, 1.165) is 22.2 Å². The lowest BCUT2D eigenvalue weighted by Crippen LogP contribution is -2.27. The number of hydrogen-bond acceptors (Lipinski definition) is 5. The highest BCUT2D eigenvalue weighted by atomic mass is 35.5. The average molecular weight is 495 g/mol. The quantitative estimate of drug-likeness (QED) is 0.357. The van der Waals surface area contributed by atoms with Crippen LogP contribution < -0.4 is 4.74 Å². The van der Waals surface area contributed by atoms with Crippen molar-refractivity contribution < 1.29 is 14.3 Å². The van der Waals surface area contributed by atoms with Crippen LogP contribution in [0.4, 0.5) is 4.79 Å². The Morgan fingerprint density at radius 1 is 1.00 bits per heavy atom. The first kappa shape index (κ1) is 22.9. The van der Waals surface area contributed by atoms with Gasteiger partial charge in [-0.2, -0.15) is 5.26 Å². The standard InChI is InChI=1S/C25H16Cl2N2O3S/c26-20-10-9-19(21(27)12-20)15-32-22-8-4-3-5-16(22)11-23-24(30)29(25(31)33-23)14-18-7-2-1-6-17(18)13-28/h1-12H,14-15H2/b23-11+. The summed E-state index contributed by atoms with van der Waals surface area (Å²) in [7, 11) is 0. The van der Waals surface area contributed by atoms with Crippen LogP contribution in [0.5, 0.6) is 5.75 Å². The molecule has 4 rings (SSSR count). The summed E-state index contributed by atoms with van der Waals surface area (Å²) in [5.41, 5.74) is 2.48. The minimum atomic E-state index is -0.409. The normalized spacial score (nSPS) is 14.6. The zero-order chi connectivity index (χ0) is 23.4. The van der Waals surface area contributed by atoms with Gasteiger partial charge in [0.05, 0.1) is 23.1 Å². The van der Waals surface area contributed by atoms with Gasteiger partial charge in [0.1, 0.15) is 12.4 Å². The number of imide groups is 1. The fourth-order valence-corrected chi connectivity index (χ4v) is 4.53. The molecule has 33 heavy (non-hydrogen) atoms. The van der Waals surface area contributed by atoms with Crippen LogP contribution in [-0.2, 0) is 17.9 Å². The molecule has 0 radical (unpaired) electrons. The van der Waals surface area contributed by atoms with Crippen LogP contribution in [-0.4, -0.2) is 16.0 Å². The second-order valence-electron chi connectivity index (χ2n) is 7.10. The summed E-state index contributed by atoms with van der Waals surface area (Å²) in [4.78, 5) is 26.9. The lowest BCUT2D eigenvalue weighted by molar-refractivity contribution is -0.123. The van der Waals surface area contributed by atoms with Gasteiger partial charge in [-0.15, -0.1) is 0 Å². The number of amides is 2. The molecular weight excluding hydrogens is 479 g/mol. The Morgan fingerprint density at radius 2 is 1.76 bits per heavy atom. The molecular formula is C25H16Cl2N2O3S. The van der Waals surface area contributed by atoms with Crippen LogP contribution >= 0.6 is 35.0 Å². The van der Waals surface area contributed by atoms with E-state index in [4.69, 9.17) is 27.9 Å². The average Bonchev–Trinajstić information content (AvgIpc) is 3.07. The summed E-state index contributed by atoms with van der Waals surface area (Å²) in [5.74, 6) is 0.137. The monoisotopic (exact) mass is 494 g/mol. The van der Waals surface area contributed by atoms with Crippen molar-refractivity contribution in [3.63, 3.8) is 0 Å². The molecule has 3 aromatic rings. The summed E-state index contributed by atoms with van der Waals surface area (Å²) in [6.07, 6.45) is 1.64. The molecule has 0 spiro atoms. The lowest BCUT2D eigenvalue weighted by Gasteiger charge is -2.13. The van der Waals surface area contributed by atoms with Gasteiger partial charge in [-0.1, -0.05) is 65.7 Å². The van der Waals surface area contributed by atoms with Gasteiger partial charge < -0.3 is 4.74 Å². The third kappa shape index (κ3) is 5.23. The van der Waals surface area contributed by atoms with Gasteiger partial charge in [-0.05, 0) is 47.7 Å². The summed E-state index contributed by atoms with van der Waals surface area (Å²) < 4.78 is 5.94. The number of para-hydroxylation sites is 1. The van der Waals surface area contributed by atoms with Crippen molar-refractivity contribution in [2.75, 3.05) is 0 Å². The minimum Gasteiger partial charge on any atom is -0.488 e. The summed E-state index contributed by atoms with van der Waals surface area (Å²) in [6, 6.07) is 21.4. The van der Waals surface area contributed by atoms with E-state index in [1.807, 2.05) is 12.1 Å². The largest absolute Gasteiger partial charge is 0.488 e. The highest BCUT2D eigenvalue weighted by Gasteiger charge is 2.35. The molecule has 0 N–H and O–H groups in total. The van der Waals surface area contributed by atoms with Gasteiger partial charge in [0.15, 0.2) is 0 Å². The molecule has 1 heterocycles. The Kier molecular flexibility index (Phi) is 7.05. The van der Waals surface area contributed by atoms with E-state index in [2.05, 4.69) is 6.07 Å². The Bertz CT molecular complexity index is 1320. The molecule has 1 aliphatic heterocycles. The van der Waals surface area contributed by atoms with E-state index < -0.39 is 5.91 Å². The number of nitrogens with zero attached hydrogens (tertiary/aromatic N) is 2. The summed E-state index contributed by atoms with van der Waals surface area (Å²) in [6.45, 7) is 0.256. The van der Waals surface area contributed by atoms with Crippen LogP contribution in [0.3, 0.4) is 0 Å². The maximum Gasteiger partial charge on any atom is 0.293 e. The van der Waals surface area contributed by atoms with Gasteiger partial charge in [-0.25, -0.2) is 0 Å². The van der Waals surface area contributed by atoms with Crippen LogP contribution in [0.1, 0.15) is 22.3 Å². The molecule has 2 amide bonds. The zero-order valence-corrected chi connectivity index (χ0v) is 19.5. The Balaban J connectivity index is 1.54. The Labute approximate surface area is 205 Å². The van der Waals surface area contributed by atoms with E-state index in [-0.39, 0.29) is 23.3 Å². The van der Waals surface area contributed by atoms with Crippen molar-refractivity contribution in [1.82, 2.24) is 4.90 Å². The molecule has 0 saturated carbocycles. The number of carbonyl (C=O) groups is 2. The third-order valence-electron chi connectivity index (χ3n) is 4.94. The first-order chi connectivity index (χ1) is 16.0. The second-order valence-corrected chi connectivity index (χ2v) is 8.94. The fraction of sp³-hybridized carbons (Fsp3) is 0.0800. The van der Waals surface area contributed by atoms with Gasteiger partial charge in [0.25, 0.3) is 11.1 Å². The van der Waals surface area contributed by atoms with Crippen molar-refractivity contribution in [1.29, 1.82) is 5.26 Å². The molecule has 5 nitrogen and oxygen atoms in total. The molecule has 1 fully saturated rings. The van der Waals surface area contributed by atoms with E-state index in [9.17, 15) is 14.9 Å². The number of halogens is 2. The molecule has 8 heteroatoms. The van der Waals surface area contributed by atoms with E-state index in [0.29, 0.717) is 32.5 Å². The van der Waals surface area contributed by atoms with Crippen molar-refractivity contribution in [3.8, 4) is 11.8 Å². The topological polar surface area (TPSA) is 70.4 Å². The number of rotatable bonds is 6. The number of hydrogen-bond donors (Lipinski definition) is 0. The molecule has 0 atom stereocenters. The van der Waals surface area contributed by atoms with E-state index in [1.54, 1.807) is 60.7 Å². The van der Waals surface area contributed by atoms with Gasteiger partial charge >= 0.3 is 0 Å². The zero-order valence-electron chi connectivity index (χ0n) is 17.1. The number of carbonyl (C=O) groups excluding carboxylic acids is 2. The number of thioether (sulfide) groups is 1. The van der Waals surface area contributed by atoms with Crippen molar-refractivity contribution in [2.24, 2.45) is 0 Å². The maximum absolute atomic E-state index is 13.0. The molecule has 3 aromatic carbocycles. The first-order valence-corrected chi connectivity index (χ1v) is 11.4. The predicted octanol–water partition coefficient (Wildman–Crippen LogP) is 6.68. The molecule has 164 valence electrons. The molecule has 1 saturated heterocycles. The van der Waals surface area contributed by atoms with Crippen molar-refractivity contribution in [2.45, 2.75) is 13.2 Å². The van der Waals surface area contributed by atoms with Gasteiger partial charge in [0, 0.05) is 21.2 Å². The van der Waals surface area contributed by atoms with Crippen LogP contribution in [0, 0.1) is 11.3 Å². The van der Waals surface area contributed by atoms with Crippen molar-refractivity contribution >= 4 is 52.2 Å². The molecule has 0 aromatic heterocycles. The van der Waals surface area contributed by atoms with Gasteiger partial charge in [-0.3, -0.25) is 14.5 Å². The molecule has 0 bridgehead atoms. The smallest absolute Gasteiger partial charge is 0.293 e. The molecule has 0 unspecified atom stereocenters. The number of benzene rings is 3. The molecule has 1 aliphatic rings. The Morgan fingerprint density at radius 3 is 2.55 bits per heavy atom. The van der Waals surface area contributed by atoms with Crippen LogP contribution in [0.15, 0.2) is 71.6 Å². The van der Waals surface area contributed by atoms with E-state index in [1.165, 1.54) is 0 Å². The number of nitriles is 1. The van der Waals surface area contributed by atoms with Crippen LogP contribution in [0.25, 0.3) is 6.08 Å². The minimum absolute atomic E-state index is 0.0406. The fourth-order valence-electron chi connectivity index (χ4n) is 3.24. The van der Waals surface area contributed by atoms with Gasteiger partial charge in [0.2, 0.25) is 0 Å². The summed E-state index contributed by atoms with van der Waals surface area (Å²) >= 11 is 13.0. The van der Waals surface area contributed by atoms with E-state index >= 15 is 0 Å². The first-order valence-electron chi connectivity index (χ1n) is 9.85. The lowest BCUT2D eigenvalue weighted by atomic mass is 10.1. The highest BCUT2D eigenvalue weighted by Crippen LogP contribution is 2.35. The van der Waals surface area contributed by atoms with Crippen molar-refractivity contribution in [3.05, 3.63) is 104 Å². The maximum atomic E-state index is 13.0. The van der Waals surface area contributed by atoms with Crippen LogP contribution in [0.2, 0.25) is 10.0 Å².